The number of likely N-dealkylation sites (N-methyl/N-ethyl adjacent to an activating group) is 2. The first kappa shape index (κ1) is 55.8. The Morgan fingerprint density at radius 2 is 1.03 bits per heavy atom. The molecule has 0 unspecified atom stereocenters. The second-order valence-corrected chi connectivity index (χ2v) is 19.5. The molecule has 412 valence electrons. The number of nitrogens with one attached hydrogen (secondary N) is 1. The van der Waals surface area contributed by atoms with Gasteiger partial charge in [0.15, 0.2) is 5.69 Å². The van der Waals surface area contributed by atoms with E-state index in [0.717, 1.165) is 141 Å². The fourth-order valence-electron chi connectivity index (χ4n) is 10.0. The number of aromatic nitrogens is 4. The van der Waals surface area contributed by atoms with Crippen molar-refractivity contribution < 1.29 is 50.5 Å². The fourth-order valence-corrected chi connectivity index (χ4v) is 10.0. The topological polar surface area (TPSA) is 159 Å². The van der Waals surface area contributed by atoms with Crippen LogP contribution in [0, 0.1) is 0 Å². The molecule has 0 radical (unpaired) electrons. The van der Waals surface area contributed by atoms with E-state index in [4.69, 9.17) is 15.8 Å². The number of carboxylic acids is 1. The number of carboxylic acid groups (broad SMARTS) is 1. The number of aryl methyl sites for hydroxylation is 4. The number of anilines is 4. The molecule has 0 atom stereocenters. The maximum Gasteiger partial charge on any atom is 0.573 e. The third-order valence-corrected chi connectivity index (χ3v) is 14.5. The van der Waals surface area contributed by atoms with Crippen LogP contribution in [0.25, 0.3) is 0 Å². The van der Waals surface area contributed by atoms with Gasteiger partial charge in [-0.3, -0.25) is 4.79 Å². The Hall–Kier alpha value is -7.42. The first-order valence-electron chi connectivity index (χ1n) is 26.0. The Bertz CT molecular complexity index is 2920. The number of hydrogen-bond donors (Lipinski definition) is 3. The third-order valence-electron chi connectivity index (χ3n) is 14.5. The van der Waals surface area contributed by atoms with E-state index in [1.807, 2.05) is 81.0 Å². The number of fused-ring (bicyclic) bond motifs is 2. The molecule has 2 fully saturated rings. The van der Waals surface area contributed by atoms with Crippen molar-refractivity contribution in [3.63, 3.8) is 0 Å². The van der Waals surface area contributed by atoms with E-state index in [0.29, 0.717) is 36.9 Å². The van der Waals surface area contributed by atoms with Crippen molar-refractivity contribution >= 4 is 34.6 Å². The van der Waals surface area contributed by atoms with Crippen molar-refractivity contribution in [3.05, 3.63) is 143 Å². The largest absolute Gasteiger partial charge is 0.573 e. The highest BCUT2D eigenvalue weighted by molar-refractivity contribution is 5.94. The number of hydrogen-bond acceptors (Lipinski definition) is 11. The van der Waals surface area contributed by atoms with E-state index >= 15 is 0 Å². The number of rotatable bonds is 15. The SMILES string of the molecule is CCc1nc2n(c1C(=O)NCc1ccc(N(C)C3CN(c4ccc(OC(F)(F)F)cc4)C3)cc1)CCCC2.CCc1nc2n(c1C(=O)O)CCCC2.CN(c1ccc(CN)cc1)C1CN(c2ccc(OC(F)(F)F)cc2)C1. The molecule has 0 bridgehead atoms. The first-order chi connectivity index (χ1) is 36.8. The molecule has 0 aliphatic carbocycles. The maximum atomic E-state index is 13.0. The highest BCUT2D eigenvalue weighted by atomic mass is 19.4. The Balaban J connectivity index is 0.000000171. The van der Waals surface area contributed by atoms with E-state index in [2.05, 4.69) is 43.9 Å². The molecule has 1 amide bonds. The van der Waals surface area contributed by atoms with Crippen LogP contribution < -0.4 is 40.1 Å². The van der Waals surface area contributed by atoms with E-state index in [1.165, 1.54) is 24.3 Å². The Morgan fingerprint density at radius 3 is 1.42 bits per heavy atom. The van der Waals surface area contributed by atoms with Crippen LogP contribution in [0.15, 0.2) is 97.1 Å². The van der Waals surface area contributed by atoms with Gasteiger partial charge in [-0.2, -0.15) is 0 Å². The lowest BCUT2D eigenvalue weighted by molar-refractivity contribution is -0.275. The van der Waals surface area contributed by atoms with Crippen LogP contribution in [0.1, 0.15) is 94.7 Å². The molecule has 4 N–H and O–H groups in total. The lowest BCUT2D eigenvalue weighted by Crippen LogP contribution is -2.58. The number of carbonyl (C=O) groups is 2. The number of benzene rings is 4. The van der Waals surface area contributed by atoms with Crippen molar-refractivity contribution in [2.45, 2.75) is 116 Å². The maximum absolute atomic E-state index is 13.0. The molecule has 10 rings (SSSR count). The van der Waals surface area contributed by atoms with Crippen molar-refractivity contribution in [2.75, 3.05) is 59.9 Å². The number of ether oxygens (including phenoxy) is 2. The van der Waals surface area contributed by atoms with Crippen molar-refractivity contribution in [3.8, 4) is 11.5 Å². The monoisotopic (exact) mass is 1070 g/mol. The van der Waals surface area contributed by atoms with Crippen LogP contribution in [0.3, 0.4) is 0 Å². The molecule has 15 nitrogen and oxygen atoms in total. The molecular weight excluding hydrogens is 1010 g/mol. The van der Waals surface area contributed by atoms with E-state index in [1.54, 1.807) is 24.3 Å². The highest BCUT2D eigenvalue weighted by Gasteiger charge is 2.35. The van der Waals surface area contributed by atoms with E-state index < -0.39 is 18.7 Å². The summed E-state index contributed by atoms with van der Waals surface area (Å²) in [6.07, 6.45) is -1.69. The first-order valence-corrected chi connectivity index (χ1v) is 26.0. The molecule has 2 aromatic heterocycles. The van der Waals surface area contributed by atoms with Crippen LogP contribution in [-0.2, 0) is 51.9 Å². The Kier molecular flexibility index (Phi) is 17.6. The van der Waals surface area contributed by atoms with Crippen LogP contribution in [0.2, 0.25) is 0 Å². The van der Waals surface area contributed by atoms with Gasteiger partial charge < -0.3 is 54.4 Å². The van der Waals surface area contributed by atoms with Crippen molar-refractivity contribution in [1.29, 1.82) is 0 Å². The summed E-state index contributed by atoms with van der Waals surface area (Å²) < 4.78 is 85.4. The Morgan fingerprint density at radius 1 is 0.623 bits per heavy atom. The molecule has 21 heteroatoms. The molecule has 77 heavy (non-hydrogen) atoms. The van der Waals surface area contributed by atoms with E-state index in [9.17, 15) is 35.9 Å². The van der Waals surface area contributed by atoms with Gasteiger partial charge in [-0.05, 0) is 122 Å². The van der Waals surface area contributed by atoms with E-state index in [-0.39, 0.29) is 23.4 Å². The number of alkyl halides is 6. The van der Waals surface area contributed by atoms with Crippen molar-refractivity contribution in [2.24, 2.45) is 5.73 Å². The molecule has 4 aliphatic rings. The third kappa shape index (κ3) is 14.0. The minimum atomic E-state index is -4.69. The molecule has 2 saturated heterocycles. The van der Waals surface area contributed by atoms with Crippen LogP contribution in [0.4, 0.5) is 49.1 Å². The van der Waals surface area contributed by atoms with Gasteiger partial charge in [0.1, 0.15) is 28.8 Å². The second kappa shape index (κ2) is 24.3. The summed E-state index contributed by atoms with van der Waals surface area (Å²) in [5.74, 6) is 0.629. The number of halogens is 6. The summed E-state index contributed by atoms with van der Waals surface area (Å²) in [5, 5.41) is 12.1. The fraction of sp³-hybridized carbons (Fsp3) is 0.429. The van der Waals surface area contributed by atoms with Gasteiger partial charge in [-0.1, -0.05) is 38.1 Å². The summed E-state index contributed by atoms with van der Waals surface area (Å²) in [7, 11) is 4.08. The number of nitrogens with two attached hydrogens (primary N) is 1. The number of aromatic carboxylic acids is 1. The van der Waals surface area contributed by atoms with Gasteiger partial charge in [0, 0.05) is 102 Å². The molecule has 0 spiro atoms. The molecule has 6 aromatic rings. The lowest BCUT2D eigenvalue weighted by atomic mass is 10.0. The highest BCUT2D eigenvalue weighted by Crippen LogP contribution is 2.32. The summed E-state index contributed by atoms with van der Waals surface area (Å²) in [6, 6.07) is 28.8. The smallest absolute Gasteiger partial charge is 0.477 e. The Labute approximate surface area is 444 Å². The van der Waals surface area contributed by atoms with Crippen LogP contribution in [0.5, 0.6) is 11.5 Å². The zero-order valence-electron chi connectivity index (χ0n) is 43.7. The minimum Gasteiger partial charge on any atom is -0.477 e. The van der Waals surface area contributed by atoms with Gasteiger partial charge in [-0.25, -0.2) is 14.8 Å². The summed E-state index contributed by atoms with van der Waals surface area (Å²) in [6.45, 7) is 9.76. The summed E-state index contributed by atoms with van der Waals surface area (Å²) in [5.41, 5.74) is 14.4. The predicted molar refractivity (Wildman–Crippen MR) is 283 cm³/mol. The van der Waals surface area contributed by atoms with Gasteiger partial charge in [0.25, 0.3) is 5.91 Å². The summed E-state index contributed by atoms with van der Waals surface area (Å²) in [4.78, 5) is 41.8. The van der Waals surface area contributed by atoms with Crippen molar-refractivity contribution in [1.82, 2.24) is 24.4 Å². The molecule has 4 aromatic carbocycles. The second-order valence-electron chi connectivity index (χ2n) is 19.5. The molecular formula is C56H66F6N10O5. The minimum absolute atomic E-state index is 0.0729. The quantitative estimate of drug-likeness (QED) is 0.0838. The zero-order valence-corrected chi connectivity index (χ0v) is 43.7. The number of nitrogens with zero attached hydrogens (tertiary/aromatic N) is 8. The van der Waals surface area contributed by atoms with Crippen LogP contribution in [-0.4, -0.2) is 101 Å². The molecule has 4 aliphatic heterocycles. The predicted octanol–water partition coefficient (Wildman–Crippen LogP) is 9.78. The zero-order chi connectivity index (χ0) is 55.0. The average Bonchev–Trinajstić information content (AvgIpc) is 3.99. The molecule has 0 saturated carbocycles. The molecule has 6 heterocycles. The normalized spacial score (nSPS) is 15.3. The van der Waals surface area contributed by atoms with Gasteiger partial charge in [0.05, 0.1) is 23.5 Å². The van der Waals surface area contributed by atoms with Crippen LogP contribution >= 0.6 is 0 Å². The lowest BCUT2D eigenvalue weighted by Gasteiger charge is -2.46. The number of imidazole rings is 2. The van der Waals surface area contributed by atoms with Gasteiger partial charge >= 0.3 is 18.7 Å². The standard InChI is InChI=1S/C28H32F3N5O2.C18H20F3N3O.C10H14N2O2/c1-3-24-26(36-15-5-4-6-25(36)33-24)27(37)32-16-19-7-9-20(10-8-19)34(2)22-17-35(18-22)21-11-13-23(14-12-21)38-28(29,30)31;1-23(14-4-2-13(10-22)3-5-14)16-11-24(12-16)15-6-8-17(9-7-15)25-18(19,20)21;1-2-7-9(10(13)14)12-6-4-3-5-8(12)11-7/h7-14,22H,3-6,15-18H2,1-2H3,(H,32,37);2-9,16H,10-12,22H2,1H3;2-6H2,1H3,(H,13,14). The van der Waals surface area contributed by atoms with Gasteiger partial charge in [0.2, 0.25) is 0 Å². The summed E-state index contributed by atoms with van der Waals surface area (Å²) >= 11 is 0. The number of amides is 1. The number of carbonyl (C=O) groups excluding carboxylic acids is 1. The average molecular weight is 1070 g/mol. The van der Waals surface area contributed by atoms with Gasteiger partial charge in [-0.15, -0.1) is 26.3 Å².